The zero-order valence-corrected chi connectivity index (χ0v) is 15.0. The van der Waals surface area contributed by atoms with E-state index in [9.17, 15) is 9.59 Å². The highest BCUT2D eigenvalue weighted by Crippen LogP contribution is 2.46. The van der Waals surface area contributed by atoms with Gasteiger partial charge in [0.1, 0.15) is 11.4 Å². The Morgan fingerprint density at radius 2 is 1.74 bits per heavy atom. The third-order valence-corrected chi connectivity index (χ3v) is 4.38. The van der Waals surface area contributed by atoms with Crippen molar-refractivity contribution >= 4 is 17.6 Å². The Bertz CT molecular complexity index is 637. The highest BCUT2D eigenvalue weighted by molar-refractivity contribution is 5.92. The third kappa shape index (κ3) is 4.57. The molecule has 126 valence electrons. The smallest absolute Gasteiger partial charge is 0.412 e. The molecule has 1 saturated carbocycles. The first-order valence-corrected chi connectivity index (χ1v) is 8.14. The van der Waals surface area contributed by atoms with E-state index in [-0.39, 0.29) is 11.2 Å². The van der Waals surface area contributed by atoms with E-state index in [1.807, 2.05) is 53.7 Å². The maximum absolute atomic E-state index is 12.4. The van der Waals surface area contributed by atoms with Crippen LogP contribution in [0.2, 0.25) is 0 Å². The lowest BCUT2D eigenvalue weighted by atomic mass is 9.94. The van der Waals surface area contributed by atoms with Gasteiger partial charge in [0.15, 0.2) is 0 Å². The number of anilines is 1. The number of hydrogen-bond donors (Lipinski definition) is 1. The van der Waals surface area contributed by atoms with Gasteiger partial charge in [-0.3, -0.25) is 10.1 Å². The minimum atomic E-state index is -0.554. The quantitative estimate of drug-likeness (QED) is 0.885. The van der Waals surface area contributed by atoms with Gasteiger partial charge in [-0.15, -0.1) is 0 Å². The number of carbonyl (C=O) groups excluding carboxylic acids is 2. The molecule has 1 fully saturated rings. The summed E-state index contributed by atoms with van der Waals surface area (Å²) in [6.45, 7) is 11.5. The molecule has 0 saturated heterocycles. The topological polar surface area (TPSA) is 55.4 Å². The van der Waals surface area contributed by atoms with E-state index < -0.39 is 11.7 Å². The summed E-state index contributed by atoms with van der Waals surface area (Å²) in [7, 11) is 0. The Morgan fingerprint density at radius 1 is 1.17 bits per heavy atom. The summed E-state index contributed by atoms with van der Waals surface area (Å²) in [5.74, 6) is 0.244. The van der Waals surface area contributed by atoms with Crippen LogP contribution in [0, 0.1) is 19.3 Å². The SMILES string of the molecule is Cc1cc(CC(=O)C2(C)CC2)c(NC(=O)OC(C)(C)C)cc1C. The predicted octanol–water partition coefficient (Wildman–Crippen LogP) is 4.56. The first-order chi connectivity index (χ1) is 10.5. The molecule has 23 heavy (non-hydrogen) atoms. The van der Waals surface area contributed by atoms with Crippen LogP contribution in [0.15, 0.2) is 12.1 Å². The number of Topliss-reactive ketones (excluding diaryl/α,β-unsaturated/α-hetero) is 1. The lowest BCUT2D eigenvalue weighted by Gasteiger charge is -2.21. The molecule has 0 aromatic heterocycles. The molecule has 4 nitrogen and oxygen atoms in total. The molecule has 1 amide bonds. The van der Waals surface area contributed by atoms with Gasteiger partial charge in [-0.2, -0.15) is 0 Å². The molecule has 0 radical (unpaired) electrons. The fourth-order valence-corrected chi connectivity index (χ4v) is 2.40. The molecule has 1 N–H and O–H groups in total. The Hall–Kier alpha value is -1.84. The normalized spacial score (nSPS) is 15.9. The average molecular weight is 317 g/mol. The fraction of sp³-hybridized carbons (Fsp3) is 0.579. The largest absolute Gasteiger partial charge is 0.444 e. The summed E-state index contributed by atoms with van der Waals surface area (Å²) in [6, 6.07) is 3.91. The van der Waals surface area contributed by atoms with E-state index in [0.29, 0.717) is 12.1 Å². The van der Waals surface area contributed by atoms with Crippen LogP contribution in [-0.2, 0) is 16.0 Å². The summed E-state index contributed by atoms with van der Waals surface area (Å²) in [5, 5.41) is 2.80. The zero-order chi connectivity index (χ0) is 17.4. The number of ether oxygens (including phenoxy) is 1. The highest BCUT2D eigenvalue weighted by atomic mass is 16.6. The van der Waals surface area contributed by atoms with E-state index in [1.165, 1.54) is 0 Å². The standard InChI is InChI=1S/C19H27NO3/c1-12-9-14(11-16(21)19(6)7-8-19)15(10-13(12)2)20-17(22)23-18(3,4)5/h9-10H,7-8,11H2,1-6H3,(H,20,22). The van der Waals surface area contributed by atoms with Gasteiger partial charge < -0.3 is 4.74 Å². The van der Waals surface area contributed by atoms with E-state index in [2.05, 4.69) is 5.32 Å². The minimum Gasteiger partial charge on any atom is -0.444 e. The highest BCUT2D eigenvalue weighted by Gasteiger charge is 2.44. The number of hydrogen-bond acceptors (Lipinski definition) is 3. The summed E-state index contributed by atoms with van der Waals surface area (Å²) in [4.78, 5) is 24.5. The van der Waals surface area contributed by atoms with E-state index in [4.69, 9.17) is 4.74 Å². The summed E-state index contributed by atoms with van der Waals surface area (Å²) in [5.41, 5.74) is 2.99. The lowest BCUT2D eigenvalue weighted by molar-refractivity contribution is -0.122. The van der Waals surface area contributed by atoms with Crippen molar-refractivity contribution in [3.8, 4) is 0 Å². The van der Waals surface area contributed by atoms with Crippen LogP contribution in [0.3, 0.4) is 0 Å². The predicted molar refractivity (Wildman–Crippen MR) is 91.8 cm³/mol. The summed E-state index contributed by atoms with van der Waals surface area (Å²) >= 11 is 0. The molecule has 0 aliphatic heterocycles. The van der Waals surface area contributed by atoms with E-state index in [0.717, 1.165) is 29.5 Å². The first-order valence-electron chi connectivity index (χ1n) is 8.14. The Morgan fingerprint density at radius 3 is 2.26 bits per heavy atom. The van der Waals surface area contributed by atoms with Crippen LogP contribution >= 0.6 is 0 Å². The number of benzene rings is 1. The van der Waals surface area contributed by atoms with Gasteiger partial charge in [-0.05, 0) is 70.2 Å². The molecule has 0 bridgehead atoms. The van der Waals surface area contributed by atoms with Crippen molar-refractivity contribution in [2.24, 2.45) is 5.41 Å². The van der Waals surface area contributed by atoms with Crippen molar-refractivity contribution in [3.63, 3.8) is 0 Å². The van der Waals surface area contributed by atoms with Crippen LogP contribution < -0.4 is 5.32 Å². The number of amides is 1. The van der Waals surface area contributed by atoms with Crippen LogP contribution in [0.25, 0.3) is 0 Å². The van der Waals surface area contributed by atoms with Crippen molar-refractivity contribution in [3.05, 3.63) is 28.8 Å². The second kappa shape index (κ2) is 5.99. The second-order valence-corrected chi connectivity index (χ2v) is 7.88. The van der Waals surface area contributed by atoms with Crippen molar-refractivity contribution in [1.29, 1.82) is 0 Å². The van der Waals surface area contributed by atoms with Gasteiger partial charge in [0.25, 0.3) is 0 Å². The van der Waals surface area contributed by atoms with Crippen LogP contribution in [0.5, 0.6) is 0 Å². The molecule has 4 heteroatoms. The van der Waals surface area contributed by atoms with Gasteiger partial charge >= 0.3 is 6.09 Å². The fourth-order valence-electron chi connectivity index (χ4n) is 2.40. The lowest BCUT2D eigenvalue weighted by Crippen LogP contribution is -2.28. The van der Waals surface area contributed by atoms with Gasteiger partial charge in [-0.1, -0.05) is 13.0 Å². The number of carbonyl (C=O) groups is 2. The van der Waals surface area contributed by atoms with Crippen molar-refractivity contribution in [2.75, 3.05) is 5.32 Å². The van der Waals surface area contributed by atoms with E-state index >= 15 is 0 Å². The van der Waals surface area contributed by atoms with Gasteiger partial charge in [0.05, 0.1) is 0 Å². The number of aryl methyl sites for hydroxylation is 2. The average Bonchev–Trinajstić information content (AvgIpc) is 3.12. The molecule has 0 spiro atoms. The van der Waals surface area contributed by atoms with Crippen molar-refractivity contribution in [1.82, 2.24) is 0 Å². The summed E-state index contributed by atoms with van der Waals surface area (Å²) in [6.07, 6.45) is 1.78. The number of rotatable bonds is 4. The number of nitrogens with one attached hydrogen (secondary N) is 1. The molecule has 0 atom stereocenters. The molecule has 0 heterocycles. The summed E-state index contributed by atoms with van der Waals surface area (Å²) < 4.78 is 5.32. The minimum absolute atomic E-state index is 0.165. The Kier molecular flexibility index (Phi) is 4.56. The molecule has 1 aliphatic rings. The van der Waals surface area contributed by atoms with E-state index in [1.54, 1.807) is 0 Å². The van der Waals surface area contributed by atoms with Crippen molar-refractivity contribution in [2.45, 2.75) is 66.4 Å². The zero-order valence-electron chi connectivity index (χ0n) is 15.0. The molecule has 2 rings (SSSR count). The molecule has 1 aromatic rings. The molecule has 1 aromatic carbocycles. The second-order valence-electron chi connectivity index (χ2n) is 7.88. The monoisotopic (exact) mass is 317 g/mol. The molecular formula is C19H27NO3. The molecular weight excluding hydrogens is 290 g/mol. The van der Waals surface area contributed by atoms with Gasteiger partial charge in [-0.25, -0.2) is 4.79 Å². The number of ketones is 1. The Labute approximate surface area is 138 Å². The molecule has 0 unspecified atom stereocenters. The molecule has 1 aliphatic carbocycles. The first kappa shape index (κ1) is 17.5. The Balaban J connectivity index is 2.21. The maximum atomic E-state index is 12.4. The van der Waals surface area contributed by atoms with Crippen LogP contribution in [0.4, 0.5) is 10.5 Å². The maximum Gasteiger partial charge on any atom is 0.412 e. The van der Waals surface area contributed by atoms with Gasteiger partial charge in [0, 0.05) is 17.5 Å². The van der Waals surface area contributed by atoms with Crippen LogP contribution in [0.1, 0.15) is 57.2 Å². The third-order valence-electron chi connectivity index (χ3n) is 4.38. The van der Waals surface area contributed by atoms with Crippen LogP contribution in [-0.4, -0.2) is 17.5 Å². The van der Waals surface area contributed by atoms with Crippen molar-refractivity contribution < 1.29 is 14.3 Å². The van der Waals surface area contributed by atoms with Gasteiger partial charge in [0.2, 0.25) is 0 Å².